The molecule has 0 heterocycles. The van der Waals surface area contributed by atoms with E-state index in [0.717, 1.165) is 6.42 Å². The van der Waals surface area contributed by atoms with Crippen LogP contribution < -0.4 is 0 Å². The van der Waals surface area contributed by atoms with Gasteiger partial charge in [-0.25, -0.2) is 0 Å². The van der Waals surface area contributed by atoms with E-state index in [1.807, 2.05) is 52.0 Å². The van der Waals surface area contributed by atoms with Crippen molar-refractivity contribution in [1.29, 1.82) is 0 Å². The van der Waals surface area contributed by atoms with Gasteiger partial charge in [-0.2, -0.15) is 0 Å². The van der Waals surface area contributed by atoms with E-state index >= 15 is 0 Å². The molecule has 0 unspecified atom stereocenters. The lowest BCUT2D eigenvalue weighted by atomic mass is 9.88. The number of hydrogen-bond acceptors (Lipinski definition) is 1. The van der Waals surface area contributed by atoms with Crippen molar-refractivity contribution in [1.82, 2.24) is 0 Å². The predicted molar refractivity (Wildman–Crippen MR) is 57.7 cm³/mol. The number of carbonyl (C=O) groups is 1. The third-order valence-electron chi connectivity index (χ3n) is 1.81. The van der Waals surface area contributed by atoms with Crippen LogP contribution in [0.15, 0.2) is 24.3 Å². The number of hydrogen-bond donors (Lipinski definition) is 0. The molecule has 0 saturated carbocycles. The van der Waals surface area contributed by atoms with Gasteiger partial charge in [0.2, 0.25) is 0 Å². The summed E-state index contributed by atoms with van der Waals surface area (Å²) in [6.45, 7) is 7.87. The second-order valence-corrected chi connectivity index (χ2v) is 4.17. The molecule has 0 bridgehead atoms. The van der Waals surface area contributed by atoms with E-state index in [0.29, 0.717) is 12.2 Å². The number of ketones is 1. The Morgan fingerprint density at radius 3 is 2.31 bits per heavy atom. The average molecular weight is 180 g/mol. The van der Waals surface area contributed by atoms with Crippen molar-refractivity contribution >= 4 is 5.78 Å². The van der Waals surface area contributed by atoms with E-state index in [-0.39, 0.29) is 5.41 Å². The first-order chi connectivity index (χ1) is 5.98. The first-order valence-electron chi connectivity index (χ1n) is 4.79. The molecule has 0 atom stereocenters. The van der Waals surface area contributed by atoms with Gasteiger partial charge in [-0.05, 0) is 13.3 Å². The van der Waals surface area contributed by atoms with Gasteiger partial charge < -0.3 is 0 Å². The molecule has 0 rings (SSSR count). The molecule has 0 aliphatic heterocycles. The van der Waals surface area contributed by atoms with Gasteiger partial charge >= 0.3 is 0 Å². The van der Waals surface area contributed by atoms with Crippen LogP contribution in [0.4, 0.5) is 0 Å². The van der Waals surface area contributed by atoms with Crippen molar-refractivity contribution in [2.45, 2.75) is 40.5 Å². The molecule has 0 fully saturated rings. The molecule has 1 nitrogen and oxygen atoms in total. The highest BCUT2D eigenvalue weighted by molar-refractivity contribution is 5.83. The standard InChI is InChI=1S/C12H20O/c1-5-6-7-8-9-10-11(13)12(2,3)4/h5-8H,9-10H2,1-4H3. The van der Waals surface area contributed by atoms with E-state index in [1.165, 1.54) is 0 Å². The van der Waals surface area contributed by atoms with Crippen LogP contribution in [0.3, 0.4) is 0 Å². The molecule has 0 amide bonds. The predicted octanol–water partition coefficient (Wildman–Crippen LogP) is 3.51. The maximum Gasteiger partial charge on any atom is 0.138 e. The van der Waals surface area contributed by atoms with E-state index in [9.17, 15) is 4.79 Å². The van der Waals surface area contributed by atoms with Gasteiger partial charge in [-0.1, -0.05) is 45.1 Å². The van der Waals surface area contributed by atoms with Crippen LogP contribution in [0, 0.1) is 5.41 Å². The molecule has 0 aromatic carbocycles. The lowest BCUT2D eigenvalue weighted by molar-refractivity contribution is -0.126. The normalized spacial score (nSPS) is 12.9. The quantitative estimate of drug-likeness (QED) is 0.605. The molecule has 0 aliphatic rings. The van der Waals surface area contributed by atoms with Crippen molar-refractivity contribution in [3.63, 3.8) is 0 Å². The third kappa shape index (κ3) is 6.32. The van der Waals surface area contributed by atoms with Crippen LogP contribution in [-0.4, -0.2) is 5.78 Å². The molecule has 0 aromatic heterocycles. The van der Waals surface area contributed by atoms with Gasteiger partial charge in [0.15, 0.2) is 0 Å². The second-order valence-electron chi connectivity index (χ2n) is 4.17. The summed E-state index contributed by atoms with van der Waals surface area (Å²) < 4.78 is 0. The van der Waals surface area contributed by atoms with E-state index in [4.69, 9.17) is 0 Å². The van der Waals surface area contributed by atoms with Crippen LogP contribution in [0.2, 0.25) is 0 Å². The Kier molecular flexibility index (Phi) is 5.36. The minimum absolute atomic E-state index is 0.186. The maximum atomic E-state index is 11.4. The molecule has 0 spiro atoms. The first-order valence-corrected chi connectivity index (χ1v) is 4.79. The van der Waals surface area contributed by atoms with Gasteiger partial charge in [0.05, 0.1) is 0 Å². The Balaban J connectivity index is 3.72. The van der Waals surface area contributed by atoms with Gasteiger partial charge in [-0.15, -0.1) is 0 Å². The summed E-state index contributed by atoms with van der Waals surface area (Å²) in [4.78, 5) is 11.4. The van der Waals surface area contributed by atoms with Gasteiger partial charge in [0.1, 0.15) is 5.78 Å². The Labute approximate surface area is 81.5 Å². The highest BCUT2D eigenvalue weighted by Gasteiger charge is 2.19. The summed E-state index contributed by atoms with van der Waals surface area (Å²) in [7, 11) is 0. The summed E-state index contributed by atoms with van der Waals surface area (Å²) in [5.41, 5.74) is -0.186. The molecule has 74 valence electrons. The van der Waals surface area contributed by atoms with Crippen molar-refractivity contribution in [3.8, 4) is 0 Å². The fourth-order valence-corrected chi connectivity index (χ4v) is 0.875. The Morgan fingerprint density at radius 2 is 1.85 bits per heavy atom. The number of Topliss-reactive ketones (excluding diaryl/α,β-unsaturated/α-hetero) is 1. The molecule has 0 N–H and O–H groups in total. The SMILES string of the molecule is CC=CC=CCCC(=O)C(C)(C)C. The van der Waals surface area contributed by atoms with Crippen molar-refractivity contribution in [2.75, 3.05) is 0 Å². The molecule has 0 aliphatic carbocycles. The molecule has 1 heteroatoms. The monoisotopic (exact) mass is 180 g/mol. The average Bonchev–Trinajstić information content (AvgIpc) is 2.02. The second kappa shape index (κ2) is 5.74. The fraction of sp³-hybridized carbons (Fsp3) is 0.583. The topological polar surface area (TPSA) is 17.1 Å². The molecular weight excluding hydrogens is 160 g/mol. The zero-order chi connectivity index (χ0) is 10.3. The minimum Gasteiger partial charge on any atom is -0.299 e. The number of allylic oxidation sites excluding steroid dienone is 4. The van der Waals surface area contributed by atoms with E-state index in [2.05, 4.69) is 0 Å². The summed E-state index contributed by atoms with van der Waals surface area (Å²) in [6, 6.07) is 0. The zero-order valence-electron chi connectivity index (χ0n) is 9.13. The van der Waals surface area contributed by atoms with E-state index in [1.54, 1.807) is 0 Å². The first kappa shape index (κ1) is 12.2. The van der Waals surface area contributed by atoms with Gasteiger partial charge in [0.25, 0.3) is 0 Å². The van der Waals surface area contributed by atoms with Crippen molar-refractivity contribution in [2.24, 2.45) is 5.41 Å². The van der Waals surface area contributed by atoms with Crippen LogP contribution >= 0.6 is 0 Å². The number of rotatable bonds is 4. The van der Waals surface area contributed by atoms with Gasteiger partial charge in [-0.3, -0.25) is 4.79 Å². The highest BCUT2D eigenvalue weighted by Crippen LogP contribution is 2.17. The molecule has 0 aromatic rings. The van der Waals surface area contributed by atoms with Crippen LogP contribution in [-0.2, 0) is 4.79 Å². The molecular formula is C12H20O. The summed E-state index contributed by atoms with van der Waals surface area (Å²) in [5, 5.41) is 0. The van der Waals surface area contributed by atoms with Crippen LogP contribution in [0.25, 0.3) is 0 Å². The Bertz CT molecular complexity index is 204. The molecule has 0 saturated heterocycles. The summed E-state index contributed by atoms with van der Waals surface area (Å²) in [6.07, 6.45) is 9.46. The van der Waals surface area contributed by atoms with Gasteiger partial charge in [0, 0.05) is 11.8 Å². The lowest BCUT2D eigenvalue weighted by Gasteiger charge is -2.15. The zero-order valence-corrected chi connectivity index (χ0v) is 9.13. The fourth-order valence-electron chi connectivity index (χ4n) is 0.875. The summed E-state index contributed by atoms with van der Waals surface area (Å²) >= 11 is 0. The Hall–Kier alpha value is -0.850. The van der Waals surface area contributed by atoms with Crippen molar-refractivity contribution in [3.05, 3.63) is 24.3 Å². The Morgan fingerprint density at radius 1 is 1.23 bits per heavy atom. The van der Waals surface area contributed by atoms with E-state index < -0.39 is 0 Å². The lowest BCUT2D eigenvalue weighted by Crippen LogP contribution is -2.19. The third-order valence-corrected chi connectivity index (χ3v) is 1.81. The largest absolute Gasteiger partial charge is 0.299 e. The highest BCUT2D eigenvalue weighted by atomic mass is 16.1. The minimum atomic E-state index is -0.186. The summed E-state index contributed by atoms with van der Waals surface area (Å²) in [5.74, 6) is 0.331. The smallest absolute Gasteiger partial charge is 0.138 e. The molecule has 0 radical (unpaired) electrons. The maximum absolute atomic E-state index is 11.4. The van der Waals surface area contributed by atoms with Crippen LogP contribution in [0.5, 0.6) is 0 Å². The van der Waals surface area contributed by atoms with Crippen molar-refractivity contribution < 1.29 is 4.79 Å². The number of carbonyl (C=O) groups excluding carboxylic acids is 1. The molecule has 13 heavy (non-hydrogen) atoms. The van der Waals surface area contributed by atoms with Crippen LogP contribution in [0.1, 0.15) is 40.5 Å².